The number of hydrogen-bond donors (Lipinski definition) is 1. The molecule has 0 aliphatic carbocycles. The van der Waals surface area contributed by atoms with Crippen LogP contribution in [0.1, 0.15) is 16.1 Å². The molecule has 100 valence electrons. The standard InChI is InChI=1S/C13H15BrN4S/c1-18(7-9-2-3-12(14)19-9)13-10-6-15-5-4-11(10)16-8-17-13/h2-3,8,15H,4-7H2,1H3. The lowest BCUT2D eigenvalue weighted by Gasteiger charge is -2.24. The van der Waals surface area contributed by atoms with Gasteiger partial charge in [0.05, 0.1) is 16.0 Å². The van der Waals surface area contributed by atoms with Crippen LogP contribution in [0.3, 0.4) is 0 Å². The molecule has 1 aliphatic heterocycles. The molecule has 0 spiro atoms. The van der Waals surface area contributed by atoms with Crippen molar-refractivity contribution in [2.24, 2.45) is 0 Å². The Balaban J connectivity index is 1.85. The summed E-state index contributed by atoms with van der Waals surface area (Å²) in [5.74, 6) is 1.04. The molecule has 0 unspecified atom stereocenters. The first-order valence-corrected chi connectivity index (χ1v) is 7.84. The van der Waals surface area contributed by atoms with Gasteiger partial charge in [0.2, 0.25) is 0 Å². The highest BCUT2D eigenvalue weighted by Gasteiger charge is 2.17. The van der Waals surface area contributed by atoms with E-state index in [-0.39, 0.29) is 0 Å². The minimum absolute atomic E-state index is 0.865. The summed E-state index contributed by atoms with van der Waals surface area (Å²) < 4.78 is 1.17. The zero-order valence-electron chi connectivity index (χ0n) is 10.7. The zero-order valence-corrected chi connectivity index (χ0v) is 13.1. The summed E-state index contributed by atoms with van der Waals surface area (Å²) in [6.45, 7) is 2.74. The summed E-state index contributed by atoms with van der Waals surface area (Å²) in [6, 6.07) is 4.24. The quantitative estimate of drug-likeness (QED) is 0.933. The molecule has 0 bridgehead atoms. The average Bonchev–Trinajstić information content (AvgIpc) is 2.83. The van der Waals surface area contributed by atoms with Crippen molar-refractivity contribution in [3.63, 3.8) is 0 Å². The van der Waals surface area contributed by atoms with Crippen LogP contribution in [0.25, 0.3) is 0 Å². The second kappa shape index (κ2) is 5.56. The molecule has 0 radical (unpaired) electrons. The normalized spacial score (nSPS) is 14.2. The van der Waals surface area contributed by atoms with Crippen LogP contribution in [0.5, 0.6) is 0 Å². The smallest absolute Gasteiger partial charge is 0.136 e. The first-order chi connectivity index (χ1) is 9.24. The van der Waals surface area contributed by atoms with Crippen LogP contribution in [0.4, 0.5) is 5.82 Å². The number of fused-ring (bicyclic) bond motifs is 1. The van der Waals surface area contributed by atoms with E-state index in [1.54, 1.807) is 17.7 Å². The average molecular weight is 339 g/mol. The molecule has 3 heterocycles. The third-order valence-electron chi connectivity index (χ3n) is 3.24. The van der Waals surface area contributed by atoms with E-state index in [2.05, 4.69) is 55.3 Å². The number of nitrogens with one attached hydrogen (secondary N) is 1. The fourth-order valence-corrected chi connectivity index (χ4v) is 3.87. The van der Waals surface area contributed by atoms with E-state index < -0.39 is 0 Å². The van der Waals surface area contributed by atoms with E-state index in [0.29, 0.717) is 0 Å². The van der Waals surface area contributed by atoms with Crippen LogP contribution in [0.2, 0.25) is 0 Å². The predicted octanol–water partition coefficient (Wildman–Crippen LogP) is 2.58. The van der Waals surface area contributed by atoms with E-state index in [1.807, 2.05) is 0 Å². The van der Waals surface area contributed by atoms with Gasteiger partial charge in [-0.05, 0) is 28.1 Å². The van der Waals surface area contributed by atoms with Crippen molar-refractivity contribution in [1.82, 2.24) is 15.3 Å². The maximum absolute atomic E-state index is 4.46. The Labute approximate surface area is 125 Å². The molecule has 0 saturated carbocycles. The van der Waals surface area contributed by atoms with E-state index in [9.17, 15) is 0 Å². The van der Waals surface area contributed by atoms with E-state index in [4.69, 9.17) is 0 Å². The number of hydrogen-bond acceptors (Lipinski definition) is 5. The molecule has 4 nitrogen and oxygen atoms in total. The molecule has 19 heavy (non-hydrogen) atoms. The molecule has 0 amide bonds. The van der Waals surface area contributed by atoms with Gasteiger partial charge in [0, 0.05) is 37.0 Å². The second-order valence-electron chi connectivity index (χ2n) is 4.61. The summed E-state index contributed by atoms with van der Waals surface area (Å²) >= 11 is 5.27. The van der Waals surface area contributed by atoms with Gasteiger partial charge in [-0.15, -0.1) is 11.3 Å². The monoisotopic (exact) mass is 338 g/mol. The van der Waals surface area contributed by atoms with Crippen molar-refractivity contribution in [3.05, 3.63) is 38.4 Å². The summed E-state index contributed by atoms with van der Waals surface area (Å²) in [7, 11) is 2.09. The molecular weight excluding hydrogens is 324 g/mol. The van der Waals surface area contributed by atoms with Crippen molar-refractivity contribution in [1.29, 1.82) is 0 Å². The van der Waals surface area contributed by atoms with Crippen LogP contribution in [0, 0.1) is 0 Å². The lowest BCUT2D eigenvalue weighted by molar-refractivity contribution is 0.623. The Morgan fingerprint density at radius 2 is 2.32 bits per heavy atom. The Morgan fingerprint density at radius 1 is 1.42 bits per heavy atom. The second-order valence-corrected chi connectivity index (χ2v) is 7.16. The van der Waals surface area contributed by atoms with Crippen LogP contribution < -0.4 is 10.2 Å². The highest BCUT2D eigenvalue weighted by molar-refractivity contribution is 9.11. The maximum Gasteiger partial charge on any atom is 0.136 e. The Bertz CT molecular complexity index is 584. The molecule has 0 fully saturated rings. The molecule has 2 aromatic rings. The third-order valence-corrected chi connectivity index (χ3v) is 4.84. The van der Waals surface area contributed by atoms with E-state index >= 15 is 0 Å². The fourth-order valence-electron chi connectivity index (χ4n) is 2.33. The number of aromatic nitrogens is 2. The minimum Gasteiger partial charge on any atom is -0.354 e. The van der Waals surface area contributed by atoms with Gasteiger partial charge in [0.15, 0.2) is 0 Å². The van der Waals surface area contributed by atoms with Gasteiger partial charge in [-0.3, -0.25) is 0 Å². The van der Waals surface area contributed by atoms with Gasteiger partial charge in [-0.2, -0.15) is 0 Å². The predicted molar refractivity (Wildman–Crippen MR) is 81.6 cm³/mol. The highest BCUT2D eigenvalue weighted by atomic mass is 79.9. The van der Waals surface area contributed by atoms with Crippen molar-refractivity contribution in [2.45, 2.75) is 19.5 Å². The lowest BCUT2D eigenvalue weighted by atomic mass is 10.1. The van der Waals surface area contributed by atoms with Crippen molar-refractivity contribution in [3.8, 4) is 0 Å². The molecule has 1 aliphatic rings. The van der Waals surface area contributed by atoms with Crippen molar-refractivity contribution < 1.29 is 0 Å². The molecule has 3 rings (SSSR count). The summed E-state index contributed by atoms with van der Waals surface area (Å²) in [4.78, 5) is 12.4. The van der Waals surface area contributed by atoms with Gasteiger partial charge in [-0.25, -0.2) is 9.97 Å². The molecule has 2 aromatic heterocycles. The first-order valence-electron chi connectivity index (χ1n) is 6.23. The summed E-state index contributed by atoms with van der Waals surface area (Å²) in [5.41, 5.74) is 2.43. The number of halogens is 1. The lowest BCUT2D eigenvalue weighted by Crippen LogP contribution is -2.28. The SMILES string of the molecule is CN(Cc1ccc(Br)s1)c1ncnc2c1CNCC2. The molecule has 0 saturated heterocycles. The fraction of sp³-hybridized carbons (Fsp3) is 0.385. The molecular formula is C13H15BrN4S. The number of anilines is 1. The first kappa shape index (κ1) is 13.0. The third kappa shape index (κ3) is 2.80. The topological polar surface area (TPSA) is 41.1 Å². The summed E-state index contributed by atoms with van der Waals surface area (Å²) in [6.07, 6.45) is 2.67. The summed E-state index contributed by atoms with van der Waals surface area (Å²) in [5, 5.41) is 3.39. The molecule has 1 N–H and O–H groups in total. The number of rotatable bonds is 3. The van der Waals surface area contributed by atoms with Crippen LogP contribution in [-0.4, -0.2) is 23.6 Å². The Kier molecular flexibility index (Phi) is 3.81. The maximum atomic E-state index is 4.46. The van der Waals surface area contributed by atoms with Crippen LogP contribution >= 0.6 is 27.3 Å². The van der Waals surface area contributed by atoms with Gasteiger partial charge in [0.1, 0.15) is 12.1 Å². The van der Waals surface area contributed by atoms with E-state index in [1.165, 1.54) is 19.9 Å². The molecule has 0 aromatic carbocycles. The zero-order chi connectivity index (χ0) is 13.2. The van der Waals surface area contributed by atoms with E-state index in [0.717, 1.165) is 31.9 Å². The van der Waals surface area contributed by atoms with Crippen LogP contribution in [0.15, 0.2) is 22.2 Å². The Hall–Kier alpha value is -0.980. The Morgan fingerprint density at radius 3 is 3.11 bits per heavy atom. The van der Waals surface area contributed by atoms with Gasteiger partial charge in [0.25, 0.3) is 0 Å². The van der Waals surface area contributed by atoms with Gasteiger partial charge < -0.3 is 10.2 Å². The largest absolute Gasteiger partial charge is 0.354 e. The van der Waals surface area contributed by atoms with Crippen molar-refractivity contribution in [2.75, 3.05) is 18.5 Å². The molecule has 0 atom stereocenters. The number of nitrogens with zero attached hydrogens (tertiary/aromatic N) is 3. The minimum atomic E-state index is 0.865. The number of thiophene rings is 1. The van der Waals surface area contributed by atoms with Crippen LogP contribution in [-0.2, 0) is 19.5 Å². The van der Waals surface area contributed by atoms with Gasteiger partial charge >= 0.3 is 0 Å². The van der Waals surface area contributed by atoms with Gasteiger partial charge in [-0.1, -0.05) is 0 Å². The molecule has 6 heteroatoms. The highest BCUT2D eigenvalue weighted by Crippen LogP contribution is 2.26. The van der Waals surface area contributed by atoms with Crippen molar-refractivity contribution >= 4 is 33.1 Å².